The van der Waals surface area contributed by atoms with E-state index in [2.05, 4.69) is 21.8 Å². The van der Waals surface area contributed by atoms with Gasteiger partial charge in [-0.15, -0.1) is 0 Å². The Hall–Kier alpha value is -1.12. The second-order valence-corrected chi connectivity index (χ2v) is 9.46. The first-order chi connectivity index (χ1) is 11.8. The van der Waals surface area contributed by atoms with Crippen molar-refractivity contribution in [2.45, 2.75) is 51.7 Å². The van der Waals surface area contributed by atoms with E-state index in [9.17, 15) is 13.2 Å². The van der Waals surface area contributed by atoms with Crippen LogP contribution in [-0.2, 0) is 27.6 Å². The van der Waals surface area contributed by atoms with Gasteiger partial charge in [0.25, 0.3) is 0 Å². The van der Waals surface area contributed by atoms with Gasteiger partial charge >= 0.3 is 0 Å². The van der Waals surface area contributed by atoms with Crippen molar-refractivity contribution in [2.24, 2.45) is 0 Å². The van der Waals surface area contributed by atoms with Gasteiger partial charge in [0.15, 0.2) is 15.0 Å². The Morgan fingerprint density at radius 3 is 2.72 bits per heavy atom. The Bertz CT molecular complexity index is 749. The highest BCUT2D eigenvalue weighted by Gasteiger charge is 2.47. The van der Waals surface area contributed by atoms with Gasteiger partial charge in [-0.3, -0.25) is 9.69 Å². The summed E-state index contributed by atoms with van der Waals surface area (Å²) in [5.74, 6) is 0.954. The van der Waals surface area contributed by atoms with E-state index in [0.717, 1.165) is 30.8 Å². The van der Waals surface area contributed by atoms with Gasteiger partial charge in [-0.1, -0.05) is 24.9 Å². The lowest BCUT2D eigenvalue weighted by Gasteiger charge is -2.43. The third kappa shape index (κ3) is 4.01. The molecule has 25 heavy (non-hydrogen) atoms. The molecule has 140 valence electrons. The molecule has 0 spiro atoms. The van der Waals surface area contributed by atoms with Crippen molar-refractivity contribution < 1.29 is 13.2 Å². The van der Waals surface area contributed by atoms with Gasteiger partial charge in [0.1, 0.15) is 5.82 Å². The second-order valence-electron chi connectivity index (χ2n) is 6.95. The van der Waals surface area contributed by atoms with Crippen LogP contribution in [0, 0.1) is 0 Å². The fourth-order valence-corrected chi connectivity index (χ4v) is 6.04. The molecule has 1 aromatic heterocycles. The number of aromatic amines is 1. The molecule has 1 aromatic rings. The minimum atomic E-state index is -3.13. The summed E-state index contributed by atoms with van der Waals surface area (Å²) >= 11 is 6.27. The maximum atomic E-state index is 12.1. The van der Waals surface area contributed by atoms with Gasteiger partial charge in [0, 0.05) is 39.0 Å². The summed E-state index contributed by atoms with van der Waals surface area (Å²) in [6.45, 7) is 5.33. The van der Waals surface area contributed by atoms with E-state index >= 15 is 0 Å². The number of fused-ring (bicyclic) bond motifs is 1. The van der Waals surface area contributed by atoms with E-state index in [1.165, 1.54) is 6.92 Å². The van der Waals surface area contributed by atoms with Crippen molar-refractivity contribution in [3.05, 3.63) is 16.7 Å². The molecule has 2 fully saturated rings. The average molecular weight is 389 g/mol. The molecule has 0 bridgehead atoms. The Kier molecular flexibility index (Phi) is 5.41. The first kappa shape index (κ1) is 18.7. The number of hydrogen-bond acceptors (Lipinski definition) is 5. The highest BCUT2D eigenvalue weighted by Crippen LogP contribution is 2.29. The number of amides is 1. The largest absolute Gasteiger partial charge is 0.344 e. The third-order valence-corrected chi connectivity index (χ3v) is 7.11. The normalized spacial score (nSPS) is 26.0. The number of H-pyrrole nitrogens is 1. The molecule has 7 nitrogen and oxygen atoms in total. The van der Waals surface area contributed by atoms with Crippen LogP contribution in [0.2, 0.25) is 5.15 Å². The van der Waals surface area contributed by atoms with E-state index in [0.29, 0.717) is 24.8 Å². The SMILES string of the molecule is CCCCc1nc(Cl)c(CN2CCN(C(C)=O)[C@@H]3CS(=O)(=O)C[C@@H]32)[nH]1. The Balaban J connectivity index is 1.77. The maximum Gasteiger partial charge on any atom is 0.219 e. The van der Waals surface area contributed by atoms with E-state index in [1.54, 1.807) is 4.90 Å². The van der Waals surface area contributed by atoms with Crippen molar-refractivity contribution in [3.8, 4) is 0 Å². The Morgan fingerprint density at radius 1 is 1.32 bits per heavy atom. The average Bonchev–Trinajstić information content (AvgIpc) is 3.04. The summed E-state index contributed by atoms with van der Waals surface area (Å²) in [4.78, 5) is 23.3. The van der Waals surface area contributed by atoms with Crippen LogP contribution in [-0.4, -0.2) is 70.8 Å². The predicted octanol–water partition coefficient (Wildman–Crippen LogP) is 1.24. The first-order valence-electron chi connectivity index (χ1n) is 8.75. The fraction of sp³-hybridized carbons (Fsp3) is 0.750. The van der Waals surface area contributed by atoms with E-state index in [1.807, 2.05) is 0 Å². The first-order valence-corrected chi connectivity index (χ1v) is 11.0. The number of aryl methyl sites for hydroxylation is 1. The zero-order chi connectivity index (χ0) is 18.2. The number of nitrogens with one attached hydrogen (secondary N) is 1. The lowest BCUT2D eigenvalue weighted by atomic mass is 10.0. The van der Waals surface area contributed by atoms with Crippen LogP contribution in [0.4, 0.5) is 0 Å². The number of carbonyl (C=O) groups excluding carboxylic acids is 1. The molecule has 1 amide bonds. The summed E-state index contributed by atoms with van der Waals surface area (Å²) in [5.41, 5.74) is 0.826. The van der Waals surface area contributed by atoms with Gasteiger partial charge in [-0.25, -0.2) is 13.4 Å². The standard InChI is InChI=1S/C16H25ClN4O3S/c1-3-4-5-15-18-12(16(17)19-15)8-20-6-7-21(11(2)22)14-10-25(23,24)9-13(14)20/h13-14H,3-10H2,1-2H3,(H,18,19)/t13-,14+/m0/s1. The van der Waals surface area contributed by atoms with Crippen LogP contribution < -0.4 is 0 Å². The van der Waals surface area contributed by atoms with E-state index in [4.69, 9.17) is 11.6 Å². The Morgan fingerprint density at radius 2 is 2.04 bits per heavy atom. The molecule has 2 aliphatic heterocycles. The number of hydrogen-bond donors (Lipinski definition) is 1. The number of carbonyl (C=O) groups is 1. The van der Waals surface area contributed by atoms with Gasteiger partial charge in [-0.2, -0.15) is 0 Å². The summed E-state index contributed by atoms with van der Waals surface area (Å²) < 4.78 is 24.3. The molecular weight excluding hydrogens is 364 g/mol. The lowest BCUT2D eigenvalue weighted by Crippen LogP contribution is -2.59. The summed E-state index contributed by atoms with van der Waals surface area (Å²) in [7, 11) is -3.13. The van der Waals surface area contributed by atoms with Crippen molar-refractivity contribution in [2.75, 3.05) is 24.6 Å². The zero-order valence-corrected chi connectivity index (χ0v) is 16.2. The molecule has 2 atom stereocenters. The topological polar surface area (TPSA) is 86.4 Å². The maximum absolute atomic E-state index is 12.1. The third-order valence-electron chi connectivity index (χ3n) is 5.10. The highest BCUT2D eigenvalue weighted by atomic mass is 35.5. The number of piperazine rings is 1. The molecule has 0 aliphatic carbocycles. The van der Waals surface area contributed by atoms with Crippen molar-refractivity contribution in [1.82, 2.24) is 19.8 Å². The monoisotopic (exact) mass is 388 g/mol. The number of imidazole rings is 1. The number of sulfone groups is 1. The van der Waals surface area contributed by atoms with Crippen LogP contribution in [0.5, 0.6) is 0 Å². The quantitative estimate of drug-likeness (QED) is 0.819. The van der Waals surface area contributed by atoms with Crippen molar-refractivity contribution in [1.29, 1.82) is 0 Å². The van der Waals surface area contributed by atoms with Gasteiger partial charge in [0.2, 0.25) is 5.91 Å². The smallest absolute Gasteiger partial charge is 0.219 e. The zero-order valence-electron chi connectivity index (χ0n) is 14.7. The molecule has 2 saturated heterocycles. The fourth-order valence-electron chi connectivity index (χ4n) is 3.82. The van der Waals surface area contributed by atoms with Crippen LogP contribution in [0.25, 0.3) is 0 Å². The molecule has 0 unspecified atom stereocenters. The molecule has 0 saturated carbocycles. The molecule has 1 N–H and O–H groups in total. The van der Waals surface area contributed by atoms with Crippen LogP contribution in [0.3, 0.4) is 0 Å². The number of rotatable bonds is 5. The highest BCUT2D eigenvalue weighted by molar-refractivity contribution is 7.91. The van der Waals surface area contributed by atoms with Gasteiger partial charge < -0.3 is 9.88 Å². The summed E-state index contributed by atoms with van der Waals surface area (Å²) in [6, 6.07) is -0.446. The van der Waals surface area contributed by atoms with Crippen molar-refractivity contribution in [3.63, 3.8) is 0 Å². The molecule has 3 rings (SSSR count). The molecular formula is C16H25ClN4O3S. The van der Waals surface area contributed by atoms with Crippen LogP contribution in [0.15, 0.2) is 0 Å². The van der Waals surface area contributed by atoms with Crippen LogP contribution >= 0.6 is 11.6 Å². The summed E-state index contributed by atoms with van der Waals surface area (Å²) in [6.07, 6.45) is 2.99. The molecule has 2 aliphatic rings. The molecule has 0 aromatic carbocycles. The minimum absolute atomic E-state index is 0.0478. The van der Waals surface area contributed by atoms with Gasteiger partial charge in [-0.05, 0) is 6.42 Å². The molecule has 0 radical (unpaired) electrons. The van der Waals surface area contributed by atoms with E-state index < -0.39 is 9.84 Å². The number of aromatic nitrogens is 2. The Labute approximate surface area is 153 Å². The van der Waals surface area contributed by atoms with Gasteiger partial charge in [0.05, 0.1) is 23.2 Å². The lowest BCUT2D eigenvalue weighted by molar-refractivity contribution is -0.134. The van der Waals surface area contributed by atoms with E-state index in [-0.39, 0.29) is 29.5 Å². The number of halogens is 1. The van der Waals surface area contributed by atoms with Crippen LogP contribution in [0.1, 0.15) is 38.2 Å². The predicted molar refractivity (Wildman–Crippen MR) is 96.2 cm³/mol. The van der Waals surface area contributed by atoms with Crippen molar-refractivity contribution >= 4 is 27.3 Å². The molecule has 3 heterocycles. The number of unbranched alkanes of at least 4 members (excludes halogenated alkanes) is 1. The second kappa shape index (κ2) is 7.25. The minimum Gasteiger partial charge on any atom is -0.344 e. The molecule has 9 heteroatoms. The number of nitrogens with zero attached hydrogens (tertiary/aromatic N) is 3. The summed E-state index contributed by atoms with van der Waals surface area (Å²) in [5, 5.41) is 0.456.